The molecule has 0 bridgehead atoms. The monoisotopic (exact) mass is 505 g/mol. The lowest BCUT2D eigenvalue weighted by atomic mass is 10.1. The molecule has 0 fully saturated rings. The summed E-state index contributed by atoms with van der Waals surface area (Å²) in [6.07, 6.45) is 4.74. The zero-order valence-corrected chi connectivity index (χ0v) is 20.5. The molecule has 0 spiro atoms. The van der Waals surface area contributed by atoms with Crippen molar-refractivity contribution in [2.24, 2.45) is 7.05 Å². The highest BCUT2D eigenvalue weighted by molar-refractivity contribution is 7.99. The molecule has 0 saturated heterocycles. The van der Waals surface area contributed by atoms with Crippen LogP contribution in [0.15, 0.2) is 105 Å². The summed E-state index contributed by atoms with van der Waals surface area (Å²) in [6.45, 7) is 1.87. The van der Waals surface area contributed by atoms with E-state index < -0.39 is 15.6 Å². The Morgan fingerprint density at radius 1 is 0.943 bits per heavy atom. The van der Waals surface area contributed by atoms with Crippen LogP contribution in [-0.4, -0.2) is 21.9 Å². The molecule has 3 aromatic heterocycles. The molecule has 3 heterocycles. The molecule has 2 aromatic carbocycles. The number of hydrogen-bond donors (Lipinski definition) is 0. The zero-order valence-electron chi connectivity index (χ0n) is 18.8. The summed E-state index contributed by atoms with van der Waals surface area (Å²) in [5.74, 6) is -0.327. The lowest BCUT2D eigenvalue weighted by Crippen LogP contribution is -2.22. The first-order valence-corrected chi connectivity index (χ1v) is 12.9. The van der Waals surface area contributed by atoms with Gasteiger partial charge in [0, 0.05) is 47.0 Å². The molecule has 176 valence electrons. The van der Waals surface area contributed by atoms with Gasteiger partial charge in [0.05, 0.1) is 4.90 Å². The van der Waals surface area contributed by atoms with Crippen LogP contribution in [0.1, 0.15) is 5.56 Å². The minimum atomic E-state index is -3.99. The Balaban J connectivity index is 1.70. The number of fused-ring (bicyclic) bond motifs is 1. The minimum absolute atomic E-state index is 0.0622. The van der Waals surface area contributed by atoms with Crippen LogP contribution in [0.3, 0.4) is 0 Å². The van der Waals surface area contributed by atoms with Crippen molar-refractivity contribution in [1.29, 1.82) is 0 Å². The van der Waals surface area contributed by atoms with Gasteiger partial charge in [-0.3, -0.25) is 4.79 Å². The summed E-state index contributed by atoms with van der Waals surface area (Å²) in [7, 11) is -2.41. The zero-order chi connectivity index (χ0) is 24.7. The molecule has 0 aliphatic carbocycles. The topological polar surface area (TPSA) is 74.0 Å². The van der Waals surface area contributed by atoms with E-state index in [1.54, 1.807) is 55.8 Å². The Hall–Kier alpha value is -3.69. The first-order valence-electron chi connectivity index (χ1n) is 10.7. The highest BCUT2D eigenvalue weighted by atomic mass is 32.2. The molecule has 0 saturated carbocycles. The summed E-state index contributed by atoms with van der Waals surface area (Å²) in [5.41, 5.74) is 1.96. The molecule has 9 heteroatoms. The second-order valence-electron chi connectivity index (χ2n) is 8.06. The predicted octanol–water partition coefficient (Wildman–Crippen LogP) is 5.24. The van der Waals surface area contributed by atoms with E-state index in [0.29, 0.717) is 16.0 Å². The van der Waals surface area contributed by atoms with Gasteiger partial charge in [-0.1, -0.05) is 35.5 Å². The molecule has 0 unspecified atom stereocenters. The van der Waals surface area contributed by atoms with Gasteiger partial charge < -0.3 is 4.57 Å². The lowest BCUT2D eigenvalue weighted by Gasteiger charge is -2.13. The SMILES string of the molecule is Cc1ccc(S(=O)(=O)n2ccc3c(-c4cccnc4Sc4ccc(F)cc4)cn(C)c(=O)c32)cc1. The Labute approximate surface area is 205 Å². The fourth-order valence-corrected chi connectivity index (χ4v) is 6.10. The minimum Gasteiger partial charge on any atom is -0.316 e. The van der Waals surface area contributed by atoms with Crippen LogP contribution < -0.4 is 5.56 Å². The van der Waals surface area contributed by atoms with Crippen molar-refractivity contribution in [3.05, 3.63) is 107 Å². The maximum absolute atomic E-state index is 13.4. The van der Waals surface area contributed by atoms with Crippen molar-refractivity contribution in [2.75, 3.05) is 0 Å². The fraction of sp³-hybridized carbons (Fsp3) is 0.0769. The van der Waals surface area contributed by atoms with Crippen LogP contribution in [0, 0.1) is 12.7 Å². The number of hydrogen-bond acceptors (Lipinski definition) is 5. The molecule has 35 heavy (non-hydrogen) atoms. The molecule has 5 rings (SSSR count). The number of pyridine rings is 2. The van der Waals surface area contributed by atoms with E-state index in [9.17, 15) is 17.6 Å². The molecular formula is C26H20FN3O3S2. The normalized spacial score (nSPS) is 11.7. The second kappa shape index (κ2) is 8.83. The van der Waals surface area contributed by atoms with Gasteiger partial charge >= 0.3 is 0 Å². The quantitative estimate of drug-likeness (QED) is 0.327. The van der Waals surface area contributed by atoms with Gasteiger partial charge in [0.25, 0.3) is 15.6 Å². The highest BCUT2D eigenvalue weighted by Crippen LogP contribution is 2.37. The van der Waals surface area contributed by atoms with Gasteiger partial charge in [0.15, 0.2) is 0 Å². The smallest absolute Gasteiger partial charge is 0.275 e. The van der Waals surface area contributed by atoms with Crippen LogP contribution in [0.2, 0.25) is 0 Å². The number of rotatable bonds is 5. The molecule has 5 aromatic rings. The van der Waals surface area contributed by atoms with Gasteiger partial charge in [-0.15, -0.1) is 0 Å². The van der Waals surface area contributed by atoms with E-state index in [-0.39, 0.29) is 16.2 Å². The number of halogens is 1. The van der Waals surface area contributed by atoms with Crippen LogP contribution in [-0.2, 0) is 17.1 Å². The summed E-state index contributed by atoms with van der Waals surface area (Å²) in [5, 5.41) is 1.14. The molecule has 0 amide bonds. The third kappa shape index (κ3) is 4.17. The summed E-state index contributed by atoms with van der Waals surface area (Å²) < 4.78 is 42.6. The van der Waals surface area contributed by atoms with Crippen molar-refractivity contribution in [3.63, 3.8) is 0 Å². The van der Waals surface area contributed by atoms with E-state index in [2.05, 4.69) is 4.98 Å². The molecule has 0 aliphatic rings. The van der Waals surface area contributed by atoms with Gasteiger partial charge in [-0.2, -0.15) is 0 Å². The first-order chi connectivity index (χ1) is 16.8. The van der Waals surface area contributed by atoms with Crippen molar-refractivity contribution >= 4 is 32.7 Å². The van der Waals surface area contributed by atoms with Gasteiger partial charge in [0.2, 0.25) is 0 Å². The summed E-state index contributed by atoms with van der Waals surface area (Å²) in [4.78, 5) is 18.6. The van der Waals surface area contributed by atoms with E-state index >= 15 is 0 Å². The van der Waals surface area contributed by atoms with Crippen molar-refractivity contribution < 1.29 is 12.8 Å². The number of aromatic nitrogens is 3. The van der Waals surface area contributed by atoms with Crippen LogP contribution in [0.25, 0.3) is 22.0 Å². The average molecular weight is 506 g/mol. The van der Waals surface area contributed by atoms with Crippen molar-refractivity contribution in [2.45, 2.75) is 21.7 Å². The fourth-order valence-electron chi connectivity index (χ4n) is 3.86. The van der Waals surface area contributed by atoms with E-state index in [1.165, 1.54) is 46.8 Å². The molecule has 0 radical (unpaired) electrons. The second-order valence-corrected chi connectivity index (χ2v) is 10.9. The van der Waals surface area contributed by atoms with Crippen LogP contribution in [0.5, 0.6) is 0 Å². The van der Waals surface area contributed by atoms with Crippen LogP contribution in [0.4, 0.5) is 4.39 Å². The lowest BCUT2D eigenvalue weighted by molar-refractivity contribution is 0.589. The maximum atomic E-state index is 13.4. The Bertz CT molecular complexity index is 1720. The van der Waals surface area contributed by atoms with E-state index in [0.717, 1.165) is 20.0 Å². The van der Waals surface area contributed by atoms with Gasteiger partial charge in [-0.05, 0) is 55.5 Å². The summed E-state index contributed by atoms with van der Waals surface area (Å²) in [6, 6.07) is 17.9. The molecule has 0 N–H and O–H groups in total. The van der Waals surface area contributed by atoms with Crippen molar-refractivity contribution in [1.82, 2.24) is 13.5 Å². The largest absolute Gasteiger partial charge is 0.316 e. The predicted molar refractivity (Wildman–Crippen MR) is 135 cm³/mol. The van der Waals surface area contributed by atoms with Crippen LogP contribution >= 0.6 is 11.8 Å². The first kappa shape index (κ1) is 23.1. The maximum Gasteiger partial charge on any atom is 0.275 e. The Morgan fingerprint density at radius 2 is 1.66 bits per heavy atom. The average Bonchev–Trinajstić information content (AvgIpc) is 3.30. The number of aryl methyl sites for hydroxylation is 2. The standard InChI is InChI=1S/C26H20FN3O3S2/c1-17-5-11-20(12-6-17)35(32,33)30-15-13-21-23(16-29(2)26(31)24(21)30)22-4-3-14-28-25(22)34-19-9-7-18(27)8-10-19/h3-16H,1-2H3. The Morgan fingerprint density at radius 3 is 2.37 bits per heavy atom. The molecular weight excluding hydrogens is 485 g/mol. The highest BCUT2D eigenvalue weighted by Gasteiger charge is 2.23. The van der Waals surface area contributed by atoms with Gasteiger partial charge in [0.1, 0.15) is 16.4 Å². The summed E-state index contributed by atoms with van der Waals surface area (Å²) >= 11 is 1.36. The third-order valence-electron chi connectivity index (χ3n) is 5.66. The van der Waals surface area contributed by atoms with Gasteiger partial charge in [-0.25, -0.2) is 21.8 Å². The van der Waals surface area contributed by atoms with E-state index in [1.807, 2.05) is 13.0 Å². The Kier molecular flexibility index (Phi) is 5.82. The van der Waals surface area contributed by atoms with Crippen molar-refractivity contribution in [3.8, 4) is 11.1 Å². The molecule has 0 aliphatic heterocycles. The molecule has 6 nitrogen and oxygen atoms in total. The van der Waals surface area contributed by atoms with E-state index in [4.69, 9.17) is 0 Å². The third-order valence-corrected chi connectivity index (χ3v) is 8.37. The molecule has 0 atom stereocenters. The number of benzene rings is 2. The number of nitrogens with zero attached hydrogens (tertiary/aromatic N) is 3.